The molecule has 29 heavy (non-hydrogen) atoms. The summed E-state index contributed by atoms with van der Waals surface area (Å²) in [7, 11) is 4.57. The van der Waals surface area contributed by atoms with Gasteiger partial charge in [0.15, 0.2) is 18.1 Å². The Morgan fingerprint density at radius 1 is 0.931 bits per heavy atom. The maximum Gasteiger partial charge on any atom is 0.331 e. The second kappa shape index (κ2) is 10.8. The van der Waals surface area contributed by atoms with Crippen LogP contribution < -0.4 is 19.5 Å². The van der Waals surface area contributed by atoms with Crippen LogP contribution in [0.3, 0.4) is 0 Å². The largest absolute Gasteiger partial charge is 0.496 e. The van der Waals surface area contributed by atoms with Crippen LogP contribution in [0.2, 0.25) is 0 Å². The summed E-state index contributed by atoms with van der Waals surface area (Å²) in [5, 5.41) is 2.68. The number of nitrogens with one attached hydrogen (secondary N) is 1. The van der Waals surface area contributed by atoms with Gasteiger partial charge in [-0.1, -0.05) is 29.8 Å². The van der Waals surface area contributed by atoms with Crippen LogP contribution in [-0.2, 0) is 20.9 Å². The summed E-state index contributed by atoms with van der Waals surface area (Å²) < 4.78 is 20.8. The summed E-state index contributed by atoms with van der Waals surface area (Å²) in [6.07, 6.45) is 2.92. The van der Waals surface area contributed by atoms with E-state index in [1.807, 2.05) is 31.2 Å². The van der Waals surface area contributed by atoms with Crippen LogP contribution in [0.4, 0.5) is 0 Å². The number of esters is 1. The van der Waals surface area contributed by atoms with Gasteiger partial charge in [0.25, 0.3) is 5.91 Å². The molecule has 1 N–H and O–H groups in total. The van der Waals surface area contributed by atoms with Gasteiger partial charge in [-0.2, -0.15) is 0 Å². The molecule has 7 nitrogen and oxygen atoms in total. The predicted molar refractivity (Wildman–Crippen MR) is 109 cm³/mol. The summed E-state index contributed by atoms with van der Waals surface area (Å²) >= 11 is 0. The molecule has 0 fully saturated rings. The maximum atomic E-state index is 12.0. The zero-order valence-corrected chi connectivity index (χ0v) is 17.0. The van der Waals surface area contributed by atoms with Crippen LogP contribution >= 0.6 is 0 Å². The number of methoxy groups -OCH3 is 3. The molecular weight excluding hydrogens is 374 g/mol. The molecule has 0 saturated heterocycles. The Bertz CT molecular complexity index is 874. The zero-order chi connectivity index (χ0) is 21.2. The Morgan fingerprint density at radius 2 is 1.55 bits per heavy atom. The smallest absolute Gasteiger partial charge is 0.331 e. The maximum absolute atomic E-state index is 12.0. The topological polar surface area (TPSA) is 83.1 Å². The molecule has 0 aromatic heterocycles. The van der Waals surface area contributed by atoms with Gasteiger partial charge in [-0.25, -0.2) is 4.79 Å². The summed E-state index contributed by atoms with van der Waals surface area (Å²) in [5.74, 6) is 0.559. The molecule has 2 aromatic rings. The minimum atomic E-state index is -0.593. The van der Waals surface area contributed by atoms with E-state index in [4.69, 9.17) is 18.9 Å². The van der Waals surface area contributed by atoms with E-state index in [0.29, 0.717) is 22.8 Å². The molecule has 0 aliphatic heterocycles. The number of carbonyl (C=O) groups is 2. The fourth-order valence-corrected chi connectivity index (χ4v) is 2.50. The normalized spacial score (nSPS) is 10.5. The number of rotatable bonds is 9. The third-order valence-electron chi connectivity index (χ3n) is 4.10. The molecule has 0 bridgehead atoms. The Balaban J connectivity index is 1.86. The first-order valence-electron chi connectivity index (χ1n) is 8.94. The molecule has 2 aromatic carbocycles. The number of hydrogen-bond acceptors (Lipinski definition) is 6. The van der Waals surface area contributed by atoms with Gasteiger partial charge in [-0.3, -0.25) is 4.79 Å². The summed E-state index contributed by atoms with van der Waals surface area (Å²) in [4.78, 5) is 23.8. The van der Waals surface area contributed by atoms with Crippen molar-refractivity contribution in [2.75, 3.05) is 27.9 Å². The lowest BCUT2D eigenvalue weighted by Crippen LogP contribution is -2.28. The monoisotopic (exact) mass is 399 g/mol. The third-order valence-corrected chi connectivity index (χ3v) is 4.10. The Hall–Kier alpha value is -3.48. The minimum Gasteiger partial charge on any atom is -0.496 e. The van der Waals surface area contributed by atoms with E-state index in [0.717, 1.165) is 11.1 Å². The Kier molecular flexibility index (Phi) is 8.09. The van der Waals surface area contributed by atoms with Crippen molar-refractivity contribution in [2.24, 2.45) is 0 Å². The van der Waals surface area contributed by atoms with Crippen LogP contribution in [-0.4, -0.2) is 39.8 Å². The van der Waals surface area contributed by atoms with Gasteiger partial charge in [0.1, 0.15) is 5.75 Å². The molecule has 0 aliphatic rings. The van der Waals surface area contributed by atoms with Crippen molar-refractivity contribution in [3.8, 4) is 17.2 Å². The average Bonchev–Trinajstić information content (AvgIpc) is 2.75. The zero-order valence-electron chi connectivity index (χ0n) is 17.0. The molecule has 7 heteroatoms. The summed E-state index contributed by atoms with van der Waals surface area (Å²) in [6, 6.07) is 11.1. The van der Waals surface area contributed by atoms with E-state index >= 15 is 0 Å². The van der Waals surface area contributed by atoms with Gasteiger partial charge in [0.2, 0.25) is 0 Å². The minimum absolute atomic E-state index is 0.180. The van der Waals surface area contributed by atoms with Crippen LogP contribution in [0.1, 0.15) is 16.7 Å². The molecule has 154 valence electrons. The lowest BCUT2D eigenvalue weighted by molar-refractivity contribution is -0.143. The first-order valence-corrected chi connectivity index (χ1v) is 8.94. The standard InChI is InChI=1S/C22H25NO6/c1-15-5-7-16(8-6-15)9-10-22(25)29-14-21(24)23-13-17-11-19(27-3)20(28-4)12-18(17)26-2/h5-12H,13-14H2,1-4H3,(H,23,24)/b10-9+. The fourth-order valence-electron chi connectivity index (χ4n) is 2.50. The van der Waals surface area contributed by atoms with Crippen LogP contribution in [0.25, 0.3) is 6.08 Å². The highest BCUT2D eigenvalue weighted by Crippen LogP contribution is 2.34. The number of aryl methyl sites for hydroxylation is 1. The van der Waals surface area contributed by atoms with Crippen molar-refractivity contribution < 1.29 is 28.5 Å². The lowest BCUT2D eigenvalue weighted by atomic mass is 10.1. The van der Waals surface area contributed by atoms with Crippen molar-refractivity contribution >= 4 is 18.0 Å². The van der Waals surface area contributed by atoms with Gasteiger partial charge < -0.3 is 24.3 Å². The molecule has 1 amide bonds. The highest BCUT2D eigenvalue weighted by Gasteiger charge is 2.13. The second-order valence-corrected chi connectivity index (χ2v) is 6.15. The van der Waals surface area contributed by atoms with Gasteiger partial charge in [-0.15, -0.1) is 0 Å². The highest BCUT2D eigenvalue weighted by atomic mass is 16.5. The molecule has 0 radical (unpaired) electrons. The lowest BCUT2D eigenvalue weighted by Gasteiger charge is -2.14. The van der Waals surface area contributed by atoms with E-state index in [-0.39, 0.29) is 13.2 Å². The van der Waals surface area contributed by atoms with Crippen molar-refractivity contribution in [1.82, 2.24) is 5.32 Å². The van der Waals surface area contributed by atoms with E-state index in [1.54, 1.807) is 18.2 Å². The molecule has 0 atom stereocenters. The van der Waals surface area contributed by atoms with Crippen LogP contribution in [0, 0.1) is 6.92 Å². The number of benzene rings is 2. The summed E-state index contributed by atoms with van der Waals surface area (Å²) in [6.45, 7) is 1.78. The predicted octanol–water partition coefficient (Wildman–Crippen LogP) is 2.89. The second-order valence-electron chi connectivity index (χ2n) is 6.15. The van der Waals surface area contributed by atoms with E-state index in [1.165, 1.54) is 27.4 Å². The van der Waals surface area contributed by atoms with Gasteiger partial charge in [-0.05, 0) is 24.6 Å². The van der Waals surface area contributed by atoms with Crippen molar-refractivity contribution in [3.05, 3.63) is 59.2 Å². The number of carbonyl (C=O) groups excluding carboxylic acids is 2. The van der Waals surface area contributed by atoms with Gasteiger partial charge in [0, 0.05) is 24.3 Å². The first kappa shape index (κ1) is 21.8. The van der Waals surface area contributed by atoms with Crippen molar-refractivity contribution in [3.63, 3.8) is 0 Å². The quantitative estimate of drug-likeness (QED) is 0.516. The molecule has 0 aliphatic carbocycles. The van der Waals surface area contributed by atoms with Crippen LogP contribution in [0.15, 0.2) is 42.5 Å². The average molecular weight is 399 g/mol. The van der Waals surface area contributed by atoms with Gasteiger partial charge in [0.05, 0.1) is 21.3 Å². The molecule has 0 saturated carbocycles. The van der Waals surface area contributed by atoms with Crippen molar-refractivity contribution in [1.29, 1.82) is 0 Å². The molecule has 2 rings (SSSR count). The number of ether oxygens (including phenoxy) is 4. The fraction of sp³-hybridized carbons (Fsp3) is 0.273. The third kappa shape index (κ3) is 6.57. The Labute approximate surface area is 170 Å². The summed E-state index contributed by atoms with van der Waals surface area (Å²) in [5.41, 5.74) is 2.70. The van der Waals surface area contributed by atoms with E-state index < -0.39 is 11.9 Å². The molecule has 0 heterocycles. The first-order chi connectivity index (χ1) is 14.0. The highest BCUT2D eigenvalue weighted by molar-refractivity contribution is 5.89. The van der Waals surface area contributed by atoms with Gasteiger partial charge >= 0.3 is 5.97 Å². The van der Waals surface area contributed by atoms with Crippen LogP contribution in [0.5, 0.6) is 17.2 Å². The number of amides is 1. The molecule has 0 spiro atoms. The molecular formula is C22H25NO6. The number of hydrogen-bond donors (Lipinski definition) is 1. The van der Waals surface area contributed by atoms with Crippen molar-refractivity contribution in [2.45, 2.75) is 13.5 Å². The molecule has 0 unspecified atom stereocenters. The SMILES string of the molecule is COc1cc(OC)c(OC)cc1CNC(=O)COC(=O)/C=C/c1ccc(C)cc1. The van der Waals surface area contributed by atoms with E-state index in [2.05, 4.69) is 5.32 Å². The van der Waals surface area contributed by atoms with E-state index in [9.17, 15) is 9.59 Å². The Morgan fingerprint density at radius 3 is 2.17 bits per heavy atom.